The lowest BCUT2D eigenvalue weighted by molar-refractivity contribution is -0.123. The quantitative estimate of drug-likeness (QED) is 0.353. The molecule has 0 unspecified atom stereocenters. The Morgan fingerprint density at radius 3 is 2.73 bits per heavy atom. The number of nitrogens with two attached hydrogens (primary N) is 1. The lowest BCUT2D eigenvalue weighted by Crippen LogP contribution is -2.33. The van der Waals surface area contributed by atoms with Crippen molar-refractivity contribution in [2.45, 2.75) is 50.4 Å². The van der Waals surface area contributed by atoms with Gasteiger partial charge in [0.15, 0.2) is 17.3 Å². The molecule has 2 aromatic heterocycles. The first-order valence-electron chi connectivity index (χ1n) is 11.9. The Labute approximate surface area is 209 Å². The molecule has 4 aromatic rings. The summed E-state index contributed by atoms with van der Waals surface area (Å²) in [6.45, 7) is 1.36. The molecule has 11 nitrogen and oxygen atoms in total. The van der Waals surface area contributed by atoms with E-state index in [4.69, 9.17) is 15.1 Å². The zero-order valence-corrected chi connectivity index (χ0v) is 19.8. The van der Waals surface area contributed by atoms with Crippen molar-refractivity contribution in [3.05, 3.63) is 53.3 Å². The van der Waals surface area contributed by atoms with Gasteiger partial charge < -0.3 is 25.5 Å². The summed E-state index contributed by atoms with van der Waals surface area (Å²) in [7, 11) is 0. The third-order valence-electron chi connectivity index (χ3n) is 7.17. The maximum absolute atomic E-state index is 14.0. The minimum Gasteiger partial charge on any atom is -0.451 e. The highest BCUT2D eigenvalue weighted by Gasteiger charge is 2.48. The molecule has 1 atom stereocenters. The highest BCUT2D eigenvalue weighted by molar-refractivity contribution is 5.99. The number of aromatic nitrogens is 4. The van der Waals surface area contributed by atoms with Gasteiger partial charge >= 0.3 is 5.97 Å². The van der Waals surface area contributed by atoms with Gasteiger partial charge in [-0.05, 0) is 67.2 Å². The molecule has 3 heterocycles. The Morgan fingerprint density at radius 1 is 1.24 bits per heavy atom. The largest absolute Gasteiger partial charge is 0.451 e. The van der Waals surface area contributed by atoms with Gasteiger partial charge in [0.25, 0.3) is 5.91 Å². The number of fused-ring (bicyclic) bond motifs is 3. The molecular formula is C25H23FN6O5. The Morgan fingerprint density at radius 2 is 2.03 bits per heavy atom. The second-order valence-electron chi connectivity index (χ2n) is 9.48. The fourth-order valence-corrected chi connectivity index (χ4v) is 5.38. The predicted molar refractivity (Wildman–Crippen MR) is 129 cm³/mol. The van der Waals surface area contributed by atoms with E-state index >= 15 is 0 Å². The minimum absolute atomic E-state index is 0.0560. The Kier molecular flexibility index (Phi) is 5.23. The maximum atomic E-state index is 14.0. The van der Waals surface area contributed by atoms with E-state index in [1.165, 1.54) is 19.1 Å². The van der Waals surface area contributed by atoms with Crippen LogP contribution in [0.4, 0.5) is 15.9 Å². The molecule has 0 saturated heterocycles. The summed E-state index contributed by atoms with van der Waals surface area (Å²) in [6.07, 6.45) is 1.18. The highest BCUT2D eigenvalue weighted by Crippen LogP contribution is 2.50. The maximum Gasteiger partial charge on any atom is 0.339 e. The third-order valence-corrected chi connectivity index (χ3v) is 7.17. The van der Waals surface area contributed by atoms with Crippen LogP contribution in [0, 0.1) is 5.82 Å². The van der Waals surface area contributed by atoms with Crippen molar-refractivity contribution in [1.29, 1.82) is 0 Å². The summed E-state index contributed by atoms with van der Waals surface area (Å²) in [5.41, 5.74) is 8.21. The molecule has 37 heavy (non-hydrogen) atoms. The van der Waals surface area contributed by atoms with Crippen LogP contribution in [0.15, 0.2) is 41.0 Å². The lowest BCUT2D eigenvalue weighted by Gasteiger charge is -2.37. The molecule has 1 spiro atoms. The number of carbonyl (C=O) groups excluding carboxylic acids is 2. The van der Waals surface area contributed by atoms with Gasteiger partial charge in [-0.25, -0.2) is 18.8 Å². The number of nitrogens with one attached hydrogen (secondary N) is 1. The zero-order chi connectivity index (χ0) is 25.9. The van der Waals surface area contributed by atoms with Crippen molar-refractivity contribution >= 4 is 34.4 Å². The fraction of sp³-hybridized carbons (Fsp3) is 0.320. The number of nitrogens with zero attached hydrogens (tertiary/aromatic N) is 4. The number of halogens is 1. The number of aliphatic hydroxyl groups excluding tert-OH is 1. The molecule has 1 fully saturated rings. The van der Waals surface area contributed by atoms with E-state index < -0.39 is 29.4 Å². The third kappa shape index (κ3) is 3.71. The summed E-state index contributed by atoms with van der Waals surface area (Å²) >= 11 is 0. The molecule has 0 bridgehead atoms. The van der Waals surface area contributed by atoms with Crippen molar-refractivity contribution in [2.24, 2.45) is 0 Å². The van der Waals surface area contributed by atoms with E-state index in [-0.39, 0.29) is 17.6 Å². The number of nitrogen functional groups attached to an aromatic ring is 1. The molecule has 0 radical (unpaired) electrons. The smallest absolute Gasteiger partial charge is 0.339 e. The van der Waals surface area contributed by atoms with E-state index in [0.717, 1.165) is 11.1 Å². The SMILES string of the molecule is C[C@@H](O)C(=O)Nc1ccc2c(c1)C(=O)OC21CCC(n2c(-c3nonc3N)nc3cc(F)ccc32)CC1. The number of amides is 1. The van der Waals surface area contributed by atoms with Crippen LogP contribution >= 0.6 is 0 Å². The van der Waals surface area contributed by atoms with Crippen LogP contribution in [-0.4, -0.2) is 43.0 Å². The molecule has 2 aromatic carbocycles. The Bertz CT molecular complexity index is 1550. The second-order valence-corrected chi connectivity index (χ2v) is 9.48. The number of ether oxygens (including phenoxy) is 1. The number of carbonyl (C=O) groups is 2. The molecule has 1 saturated carbocycles. The molecule has 1 amide bonds. The van der Waals surface area contributed by atoms with Crippen molar-refractivity contribution in [1.82, 2.24) is 19.9 Å². The monoisotopic (exact) mass is 506 g/mol. The van der Waals surface area contributed by atoms with Gasteiger partial charge in [0.2, 0.25) is 0 Å². The molecule has 2 aliphatic rings. The zero-order valence-electron chi connectivity index (χ0n) is 19.8. The number of anilines is 2. The topological polar surface area (TPSA) is 158 Å². The van der Waals surface area contributed by atoms with Crippen LogP contribution in [-0.2, 0) is 15.1 Å². The average Bonchev–Trinajstić information content (AvgIpc) is 3.53. The van der Waals surface area contributed by atoms with Crippen LogP contribution in [0.25, 0.3) is 22.6 Å². The summed E-state index contributed by atoms with van der Waals surface area (Å²) < 4.78 is 26.6. The van der Waals surface area contributed by atoms with E-state index in [0.29, 0.717) is 48.3 Å². The van der Waals surface area contributed by atoms with E-state index in [1.807, 2.05) is 4.57 Å². The molecule has 12 heteroatoms. The molecular weight excluding hydrogens is 483 g/mol. The summed E-state index contributed by atoms with van der Waals surface area (Å²) in [5, 5.41) is 19.6. The first-order valence-corrected chi connectivity index (χ1v) is 11.9. The number of rotatable bonds is 4. The molecule has 4 N–H and O–H groups in total. The van der Waals surface area contributed by atoms with Crippen LogP contribution in [0.5, 0.6) is 0 Å². The predicted octanol–water partition coefficient (Wildman–Crippen LogP) is 3.31. The normalized spacial score (nSPS) is 21.7. The van der Waals surface area contributed by atoms with E-state index in [9.17, 15) is 19.1 Å². The van der Waals surface area contributed by atoms with Gasteiger partial charge in [-0.15, -0.1) is 0 Å². The number of benzene rings is 2. The van der Waals surface area contributed by atoms with Crippen molar-refractivity contribution in [3.8, 4) is 11.5 Å². The van der Waals surface area contributed by atoms with Gasteiger partial charge in [0.1, 0.15) is 17.5 Å². The van der Waals surface area contributed by atoms with Gasteiger partial charge in [0.05, 0.1) is 16.6 Å². The van der Waals surface area contributed by atoms with Crippen LogP contribution < -0.4 is 11.1 Å². The minimum atomic E-state index is -1.18. The van der Waals surface area contributed by atoms with Crippen molar-refractivity contribution in [2.75, 3.05) is 11.1 Å². The van der Waals surface area contributed by atoms with Crippen molar-refractivity contribution in [3.63, 3.8) is 0 Å². The Hall–Kier alpha value is -4.32. The van der Waals surface area contributed by atoms with Crippen LogP contribution in [0.1, 0.15) is 54.6 Å². The van der Waals surface area contributed by atoms with E-state index in [1.54, 1.807) is 24.3 Å². The average molecular weight is 506 g/mol. The molecule has 6 rings (SSSR count). The molecule has 1 aliphatic carbocycles. The Balaban J connectivity index is 1.31. The van der Waals surface area contributed by atoms with Gasteiger partial charge in [0, 0.05) is 23.4 Å². The second kappa shape index (κ2) is 8.37. The highest BCUT2D eigenvalue weighted by atomic mass is 19.1. The number of hydrogen-bond acceptors (Lipinski definition) is 9. The number of imidazole rings is 1. The van der Waals surface area contributed by atoms with Gasteiger partial charge in [-0.1, -0.05) is 6.07 Å². The van der Waals surface area contributed by atoms with Gasteiger partial charge in [-0.3, -0.25) is 4.79 Å². The number of esters is 1. The van der Waals surface area contributed by atoms with Crippen molar-refractivity contribution < 1.29 is 28.5 Å². The lowest BCUT2D eigenvalue weighted by atomic mass is 9.77. The summed E-state index contributed by atoms with van der Waals surface area (Å²) in [4.78, 5) is 29.2. The van der Waals surface area contributed by atoms with E-state index in [2.05, 4.69) is 20.6 Å². The number of hydrogen-bond donors (Lipinski definition) is 3. The van der Waals surface area contributed by atoms with Crippen LogP contribution in [0.2, 0.25) is 0 Å². The first kappa shape index (κ1) is 23.1. The fourth-order valence-electron chi connectivity index (χ4n) is 5.38. The van der Waals surface area contributed by atoms with Crippen LogP contribution in [0.3, 0.4) is 0 Å². The summed E-state index contributed by atoms with van der Waals surface area (Å²) in [6, 6.07) is 9.41. The number of aliphatic hydroxyl groups is 1. The van der Waals surface area contributed by atoms with Gasteiger partial charge in [-0.2, -0.15) is 0 Å². The molecule has 1 aliphatic heterocycles. The first-order chi connectivity index (χ1) is 17.8. The molecule has 190 valence electrons. The standard InChI is InChI=1S/C25H23FN6O5/c1-12(33)23(34)28-14-3-4-17-16(11-14)24(35)36-25(17)8-6-15(7-9-25)32-19-5-2-13(26)10-18(19)29-22(32)20-21(27)31-37-30-20/h2-5,10-12,15,33H,6-9H2,1H3,(H2,27,31)(H,28,34)/t12-,15?,25?/m1/s1. The summed E-state index contributed by atoms with van der Waals surface area (Å²) in [5.74, 6) is -0.903.